The van der Waals surface area contributed by atoms with E-state index in [2.05, 4.69) is 39.5 Å². The third kappa shape index (κ3) is 19.6. The van der Waals surface area contributed by atoms with Crippen molar-refractivity contribution in [2.75, 3.05) is 6.61 Å². The van der Waals surface area contributed by atoms with E-state index in [0.29, 0.717) is 5.92 Å². The lowest BCUT2D eigenvalue weighted by Gasteiger charge is -2.21. The lowest BCUT2D eigenvalue weighted by molar-refractivity contribution is 0.139. The van der Waals surface area contributed by atoms with Gasteiger partial charge in [-0.1, -0.05) is 27.2 Å². The van der Waals surface area contributed by atoms with Crippen molar-refractivity contribution in [3.8, 4) is 25.2 Å². The number of hydrogen-bond acceptors (Lipinski definition) is 2. The van der Waals surface area contributed by atoms with Gasteiger partial charge in [-0.25, -0.2) is 0 Å². The van der Waals surface area contributed by atoms with E-state index < -0.39 is 0 Å². The molecule has 0 rings (SSSR count). The second-order valence-electron chi connectivity index (χ2n) is 4.80. The van der Waals surface area contributed by atoms with Crippen molar-refractivity contribution in [1.29, 1.82) is 0 Å². The molecule has 19 heavy (non-hydrogen) atoms. The van der Waals surface area contributed by atoms with E-state index in [9.17, 15) is 0 Å². The predicted molar refractivity (Wildman–Crippen MR) is 84.6 cm³/mol. The van der Waals surface area contributed by atoms with Crippen LogP contribution in [0.25, 0.3) is 0 Å². The number of aliphatic hydroxyl groups is 2. The highest BCUT2D eigenvalue weighted by Crippen LogP contribution is 2.22. The van der Waals surface area contributed by atoms with Crippen molar-refractivity contribution < 1.29 is 10.2 Å². The molecule has 3 atom stereocenters. The first-order chi connectivity index (χ1) is 9.03. The van der Waals surface area contributed by atoms with Gasteiger partial charge in [0.25, 0.3) is 0 Å². The summed E-state index contributed by atoms with van der Waals surface area (Å²) in [4.78, 5) is 0. The van der Waals surface area contributed by atoms with Gasteiger partial charge >= 0.3 is 0 Å². The normalized spacial score (nSPS) is 13.6. The molecule has 0 aromatic carbocycles. The molecule has 0 fully saturated rings. The van der Waals surface area contributed by atoms with Gasteiger partial charge in [-0.15, -0.1) is 25.2 Å². The summed E-state index contributed by atoms with van der Waals surface area (Å²) < 4.78 is 0. The molecule has 0 radical (unpaired) electrons. The summed E-state index contributed by atoms with van der Waals surface area (Å²) in [7, 11) is 0. The summed E-state index contributed by atoms with van der Waals surface area (Å²) in [5.74, 6) is 3.31. The minimum Gasteiger partial charge on any atom is -0.396 e. The number of terminal acetylenes is 2. The Labute approximate surface area is 120 Å². The molecular formula is C17H32O2. The Kier molecular flexibility index (Phi) is 23.6. The molecule has 0 saturated heterocycles. The van der Waals surface area contributed by atoms with Gasteiger partial charge in [-0.2, -0.15) is 0 Å². The Hall–Kier alpha value is -0.960. The minimum absolute atomic E-state index is 0.197. The lowest BCUT2D eigenvalue weighted by atomic mass is 9.86. The first-order valence-electron chi connectivity index (χ1n) is 7.09. The van der Waals surface area contributed by atoms with Gasteiger partial charge in [0.2, 0.25) is 0 Å². The largest absolute Gasteiger partial charge is 0.396 e. The first kappa shape index (κ1) is 23.2. The molecule has 2 heteroatoms. The van der Waals surface area contributed by atoms with Crippen molar-refractivity contribution in [2.24, 2.45) is 11.8 Å². The molecule has 3 unspecified atom stereocenters. The fourth-order valence-corrected chi connectivity index (χ4v) is 1.56. The Morgan fingerprint density at radius 1 is 1.05 bits per heavy atom. The fraction of sp³-hybridized carbons (Fsp3) is 0.765. The summed E-state index contributed by atoms with van der Waals surface area (Å²) >= 11 is 0. The van der Waals surface area contributed by atoms with E-state index in [1.54, 1.807) is 6.92 Å². The Balaban J connectivity index is -0.000000445. The highest BCUT2D eigenvalue weighted by atomic mass is 16.3. The van der Waals surface area contributed by atoms with Crippen molar-refractivity contribution in [3.63, 3.8) is 0 Å². The zero-order chi connectivity index (χ0) is 15.7. The summed E-state index contributed by atoms with van der Waals surface area (Å²) in [6.45, 7) is 8.35. The molecule has 0 spiro atoms. The van der Waals surface area contributed by atoms with Crippen LogP contribution in [-0.4, -0.2) is 22.9 Å². The maximum Gasteiger partial charge on any atom is 0.0512 e. The molecule has 0 aromatic rings. The molecule has 2 N–H and O–H groups in total. The third-order valence-electron chi connectivity index (χ3n) is 2.74. The quantitative estimate of drug-likeness (QED) is 0.694. The molecule has 0 aliphatic rings. The van der Waals surface area contributed by atoms with Gasteiger partial charge in [-0.05, 0) is 38.0 Å². The molecular weight excluding hydrogens is 236 g/mol. The molecule has 0 saturated carbocycles. The van der Waals surface area contributed by atoms with E-state index >= 15 is 0 Å². The monoisotopic (exact) mass is 268 g/mol. The van der Waals surface area contributed by atoms with Crippen LogP contribution in [0.5, 0.6) is 0 Å². The van der Waals surface area contributed by atoms with Crippen LogP contribution in [0.4, 0.5) is 0 Å². The van der Waals surface area contributed by atoms with E-state index in [-0.39, 0.29) is 18.6 Å². The van der Waals surface area contributed by atoms with Gasteiger partial charge < -0.3 is 10.2 Å². The molecule has 0 aromatic heterocycles. The number of hydrogen-bond donors (Lipinski definition) is 2. The lowest BCUT2D eigenvalue weighted by Crippen LogP contribution is -2.17. The summed E-state index contributed by atoms with van der Waals surface area (Å²) in [5, 5.41) is 18.3. The van der Waals surface area contributed by atoms with Gasteiger partial charge in [-0.3, -0.25) is 0 Å². The van der Waals surface area contributed by atoms with Crippen LogP contribution >= 0.6 is 0 Å². The number of rotatable bonds is 7. The van der Waals surface area contributed by atoms with Crippen molar-refractivity contribution in [3.05, 3.63) is 0 Å². The van der Waals surface area contributed by atoms with Gasteiger partial charge in [0.1, 0.15) is 0 Å². The van der Waals surface area contributed by atoms with Crippen molar-refractivity contribution in [1.82, 2.24) is 0 Å². The van der Waals surface area contributed by atoms with Crippen molar-refractivity contribution in [2.45, 2.75) is 65.9 Å². The Morgan fingerprint density at radius 2 is 1.53 bits per heavy atom. The molecule has 0 aliphatic carbocycles. The second-order valence-corrected chi connectivity index (χ2v) is 4.80. The SMILES string of the molecule is C#C.C#CCCC(CO)C(C)CCC(C)O.CCC. The molecule has 2 nitrogen and oxygen atoms in total. The van der Waals surface area contributed by atoms with Crippen LogP contribution in [0.2, 0.25) is 0 Å². The summed E-state index contributed by atoms with van der Waals surface area (Å²) in [6, 6.07) is 0. The molecule has 0 aliphatic heterocycles. The topological polar surface area (TPSA) is 40.5 Å². The Bertz CT molecular complexity index is 213. The summed E-state index contributed by atoms with van der Waals surface area (Å²) in [5.41, 5.74) is 0. The highest BCUT2D eigenvalue weighted by molar-refractivity contribution is 4.85. The first-order valence-corrected chi connectivity index (χ1v) is 7.09. The maximum atomic E-state index is 9.16. The van der Waals surface area contributed by atoms with E-state index in [4.69, 9.17) is 16.6 Å². The van der Waals surface area contributed by atoms with Gasteiger partial charge in [0, 0.05) is 13.0 Å². The van der Waals surface area contributed by atoms with Gasteiger partial charge in [0.15, 0.2) is 0 Å². The minimum atomic E-state index is -0.246. The number of aliphatic hydroxyl groups excluding tert-OH is 2. The van der Waals surface area contributed by atoms with Crippen LogP contribution in [0, 0.1) is 37.0 Å². The predicted octanol–water partition coefficient (Wildman–Crippen LogP) is 3.47. The zero-order valence-corrected chi connectivity index (χ0v) is 13.1. The van der Waals surface area contributed by atoms with Crippen LogP contribution in [0.3, 0.4) is 0 Å². The van der Waals surface area contributed by atoms with Crippen molar-refractivity contribution >= 4 is 0 Å². The van der Waals surface area contributed by atoms with Gasteiger partial charge in [0.05, 0.1) is 6.10 Å². The molecule has 0 bridgehead atoms. The van der Waals surface area contributed by atoms with E-state index in [0.717, 1.165) is 25.7 Å². The smallest absolute Gasteiger partial charge is 0.0512 e. The average Bonchev–Trinajstić information content (AvgIpc) is 2.40. The van der Waals surface area contributed by atoms with Crippen LogP contribution in [0.15, 0.2) is 0 Å². The third-order valence-corrected chi connectivity index (χ3v) is 2.74. The maximum absolute atomic E-state index is 9.16. The highest BCUT2D eigenvalue weighted by Gasteiger charge is 2.16. The summed E-state index contributed by atoms with van der Waals surface area (Å²) in [6.07, 6.45) is 17.5. The van der Waals surface area contributed by atoms with E-state index in [1.165, 1.54) is 6.42 Å². The van der Waals surface area contributed by atoms with Crippen LogP contribution in [-0.2, 0) is 0 Å². The zero-order valence-electron chi connectivity index (χ0n) is 13.1. The Morgan fingerprint density at radius 3 is 1.84 bits per heavy atom. The standard InChI is InChI=1S/C12H22O2.C3H8.C2H2/c1-4-5-6-12(9-13)10(2)7-8-11(3)14;1-3-2;1-2/h1,10-14H,5-9H2,2-3H3;3H2,1-2H3;1-2H. The second kappa shape index (κ2) is 19.4. The molecule has 112 valence electrons. The molecule has 0 amide bonds. The van der Waals surface area contributed by atoms with Crippen LogP contribution in [0.1, 0.15) is 59.8 Å². The fourth-order valence-electron chi connectivity index (χ4n) is 1.56. The van der Waals surface area contributed by atoms with E-state index in [1.807, 2.05) is 0 Å². The average molecular weight is 268 g/mol. The molecule has 0 heterocycles. The van der Waals surface area contributed by atoms with Crippen LogP contribution < -0.4 is 0 Å².